The largest absolute Gasteiger partial charge is 1.00 e. The van der Waals surface area contributed by atoms with Gasteiger partial charge in [0.15, 0.2) is 15.0 Å². The van der Waals surface area contributed by atoms with Gasteiger partial charge < -0.3 is 43.0 Å². The van der Waals surface area contributed by atoms with E-state index in [-0.39, 0.29) is 193 Å². The smallest absolute Gasteiger partial charge is 0.747 e. The Labute approximate surface area is 585 Å². The van der Waals surface area contributed by atoms with Crippen LogP contribution in [0.3, 0.4) is 0 Å². The van der Waals surface area contributed by atoms with Crippen LogP contribution in [0.2, 0.25) is 0 Å². The van der Waals surface area contributed by atoms with E-state index in [9.17, 15) is 52.6 Å². The monoisotopic (exact) mass is 1270 g/mol. The van der Waals surface area contributed by atoms with E-state index in [1.165, 1.54) is 16.7 Å². The Hall–Kier alpha value is 0.409. The van der Waals surface area contributed by atoms with E-state index < -0.39 is 68.1 Å². The topological polar surface area (TPSA) is 344 Å². The second-order valence-corrected chi connectivity index (χ2v) is 28.8. The summed E-state index contributed by atoms with van der Waals surface area (Å²) in [6, 6.07) is 53.2. The van der Waals surface area contributed by atoms with Gasteiger partial charge in [-0.25, -0.2) is 25.3 Å². The minimum absolute atomic E-state index is 0. The van der Waals surface area contributed by atoms with Gasteiger partial charge >= 0.3 is 177 Å². The normalized spacial score (nSPS) is 13.0. The fourth-order valence-corrected chi connectivity index (χ4v) is 14.8. The molecule has 0 aliphatic rings. The third kappa shape index (κ3) is 30.0. The van der Waals surface area contributed by atoms with Crippen LogP contribution in [-0.2, 0) is 82.6 Å². The second-order valence-electron chi connectivity index (χ2n) is 17.7. The van der Waals surface area contributed by atoms with E-state index in [1.54, 1.807) is 0 Å². The first-order valence-corrected chi connectivity index (χ1v) is 32.8. The molecule has 408 valence electrons. The molecule has 0 saturated carbocycles. The molecule has 0 aliphatic carbocycles. The maximum Gasteiger partial charge on any atom is 1.00 e. The van der Waals surface area contributed by atoms with Crippen molar-refractivity contribution in [3.63, 3.8) is 0 Å². The zero-order valence-electron chi connectivity index (χ0n) is 43.5. The number of rotatable bonds is 24. The van der Waals surface area contributed by atoms with Gasteiger partial charge in [0.1, 0.15) is 30.4 Å². The fourth-order valence-electron chi connectivity index (χ4n) is 7.85. The van der Waals surface area contributed by atoms with Gasteiger partial charge in [-0.3, -0.25) is 13.7 Å². The first-order valence-electron chi connectivity index (χ1n) is 23.3. The molecule has 0 amide bonds. The average molecular weight is 1270 g/mol. The molecule has 78 heavy (non-hydrogen) atoms. The zero-order chi connectivity index (χ0) is 55.5. The van der Waals surface area contributed by atoms with Crippen molar-refractivity contribution in [2.45, 2.75) is 92.0 Å². The summed E-state index contributed by atoms with van der Waals surface area (Å²) in [6.07, 6.45) is 3.26. The molecular weight excluding hydrogens is 1210 g/mol. The maximum atomic E-state index is 11.2. The van der Waals surface area contributed by atoms with E-state index >= 15 is 0 Å². The Balaban J connectivity index is 0.000000574. The van der Waals surface area contributed by atoms with E-state index in [0.29, 0.717) is 19.3 Å². The standard InChI is InChI=1S/3C17H21O6PS.3K/c3*18-24(19,20)17(25(21,22)23)8-4-7-14-9-11-16(12-10-14)13-15-5-2-1-3-6-15;;;/h3*1-3,5-6,9-12,17H,4,7-8,13H2,(H2,18,19,20)(H,21,22,23);;;/q;;;3*+1/p-3. The van der Waals surface area contributed by atoms with Crippen molar-refractivity contribution >= 4 is 53.1 Å². The van der Waals surface area contributed by atoms with Crippen LogP contribution < -0.4 is 154 Å². The molecule has 6 N–H and O–H groups in total. The summed E-state index contributed by atoms with van der Waals surface area (Å²) in [5.74, 6) is 0. The predicted octanol–water partition coefficient (Wildman–Crippen LogP) is -1.04. The summed E-state index contributed by atoms with van der Waals surface area (Å²) >= 11 is 0. The fraction of sp³-hybridized carbons (Fsp3) is 0.294. The zero-order valence-corrected chi connectivity index (χ0v) is 58.0. The van der Waals surface area contributed by atoms with Crippen molar-refractivity contribution in [3.8, 4) is 0 Å². The van der Waals surface area contributed by atoms with Crippen LogP contribution in [0, 0.1) is 0 Å². The average Bonchev–Trinajstić information content (AvgIpc) is 3.31. The molecular formula is C51H60K3O18P3S3. The number of aryl methyl sites for hydroxylation is 3. The van der Waals surface area contributed by atoms with Crippen molar-refractivity contribution in [3.05, 3.63) is 214 Å². The van der Waals surface area contributed by atoms with Crippen molar-refractivity contribution in [2.75, 3.05) is 0 Å². The molecule has 0 aromatic heterocycles. The van der Waals surface area contributed by atoms with Crippen LogP contribution in [0.5, 0.6) is 0 Å². The molecule has 18 nitrogen and oxygen atoms in total. The van der Waals surface area contributed by atoms with Crippen molar-refractivity contribution < 1.29 is 236 Å². The van der Waals surface area contributed by atoms with Gasteiger partial charge in [0, 0.05) is 0 Å². The van der Waals surface area contributed by atoms with Crippen LogP contribution in [0.4, 0.5) is 0 Å². The van der Waals surface area contributed by atoms with Gasteiger partial charge in [0.25, 0.3) is 0 Å². The number of hydrogen-bond acceptors (Lipinski definition) is 12. The van der Waals surface area contributed by atoms with Crippen LogP contribution >= 0.6 is 22.8 Å². The quantitative estimate of drug-likeness (QED) is 0.0239. The minimum Gasteiger partial charge on any atom is -0.747 e. The summed E-state index contributed by atoms with van der Waals surface area (Å²) in [4.78, 5) is 47.6. The Morgan fingerprint density at radius 1 is 0.308 bits per heavy atom. The van der Waals surface area contributed by atoms with Crippen molar-refractivity contribution in [1.29, 1.82) is 0 Å². The molecule has 0 bridgehead atoms. The third-order valence-electron chi connectivity index (χ3n) is 11.7. The molecule has 27 heteroatoms. The predicted molar refractivity (Wildman–Crippen MR) is 282 cm³/mol. The molecule has 6 aromatic carbocycles. The van der Waals surface area contributed by atoms with Gasteiger partial charge in [0.2, 0.25) is 0 Å². The van der Waals surface area contributed by atoms with Crippen LogP contribution in [0.25, 0.3) is 0 Å². The molecule has 0 spiro atoms. The summed E-state index contributed by atoms with van der Waals surface area (Å²) in [5.41, 5.74) is 9.74. The van der Waals surface area contributed by atoms with Gasteiger partial charge in [-0.15, -0.1) is 0 Å². The SMILES string of the molecule is O=P(O)(O)C(CCCc1ccc(Cc2ccccc2)cc1)S(=O)(=O)[O-].O=P(O)(O)C(CCCc1ccc(Cc2ccccc2)cc1)S(=O)(=O)[O-].O=P(O)(O)C(CCCc1ccc(Cc2ccccc2)cc1)S(=O)(=O)[O-].[K+].[K+].[K+]. The van der Waals surface area contributed by atoms with Crippen LogP contribution in [0.15, 0.2) is 164 Å². The molecule has 6 rings (SSSR count). The molecule has 0 saturated heterocycles. The van der Waals surface area contributed by atoms with Crippen LogP contribution in [0.1, 0.15) is 88.6 Å². The Morgan fingerprint density at radius 3 is 0.641 bits per heavy atom. The van der Waals surface area contributed by atoms with E-state index in [1.807, 2.05) is 164 Å². The Kier molecular flexibility index (Phi) is 35.7. The van der Waals surface area contributed by atoms with Crippen molar-refractivity contribution in [1.82, 2.24) is 0 Å². The summed E-state index contributed by atoms with van der Waals surface area (Å²) in [5, 5.41) is 0. The van der Waals surface area contributed by atoms with E-state index in [2.05, 4.69) is 0 Å². The van der Waals surface area contributed by atoms with E-state index in [0.717, 1.165) is 52.6 Å². The van der Waals surface area contributed by atoms with Gasteiger partial charge in [0.05, 0.1) is 0 Å². The number of hydrogen-bond donors (Lipinski definition) is 6. The molecule has 0 radical (unpaired) electrons. The third-order valence-corrected chi connectivity index (χ3v) is 22.2. The van der Waals surface area contributed by atoms with Crippen molar-refractivity contribution in [2.24, 2.45) is 0 Å². The maximum absolute atomic E-state index is 11.2. The summed E-state index contributed by atoms with van der Waals surface area (Å²) < 4.78 is 132. The molecule has 0 heterocycles. The van der Waals surface area contributed by atoms with Gasteiger partial charge in [-0.1, -0.05) is 164 Å². The molecule has 3 atom stereocenters. The van der Waals surface area contributed by atoms with Crippen LogP contribution in [-0.4, -0.2) is 83.2 Å². The minimum atomic E-state index is -5.03. The summed E-state index contributed by atoms with van der Waals surface area (Å²) in [7, 11) is -30.0. The first kappa shape index (κ1) is 76.4. The van der Waals surface area contributed by atoms with Gasteiger partial charge in [-0.2, -0.15) is 0 Å². The second kappa shape index (κ2) is 36.4. The summed E-state index contributed by atoms with van der Waals surface area (Å²) in [6.45, 7) is 0. The Bertz CT molecular complexity index is 2840. The molecule has 6 aromatic rings. The first-order chi connectivity index (χ1) is 35.0. The molecule has 0 fully saturated rings. The van der Waals surface area contributed by atoms with Gasteiger partial charge in [-0.05, 0) is 127 Å². The van der Waals surface area contributed by atoms with E-state index in [4.69, 9.17) is 29.4 Å². The Morgan fingerprint density at radius 2 is 0.474 bits per heavy atom. The molecule has 0 aliphatic heterocycles. The molecule has 3 unspecified atom stereocenters. The number of benzene rings is 6.